The Morgan fingerprint density at radius 3 is 2.12 bits per heavy atom. The van der Waals surface area contributed by atoms with Crippen molar-refractivity contribution in [3.63, 3.8) is 0 Å². The minimum Gasteiger partial charge on any atom is -0.298 e. The molecule has 2 fully saturated rings. The van der Waals surface area contributed by atoms with E-state index >= 15 is 0 Å². The van der Waals surface area contributed by atoms with Gasteiger partial charge in [0.05, 0.1) is 0 Å². The summed E-state index contributed by atoms with van der Waals surface area (Å²) in [5, 5.41) is 0. The molecule has 0 aromatic carbocycles. The molecule has 0 aromatic heterocycles. The lowest BCUT2D eigenvalue weighted by molar-refractivity contribution is 0.0423. The third-order valence-corrected chi connectivity index (χ3v) is 4.75. The molecule has 17 heavy (non-hydrogen) atoms. The second-order valence-corrected chi connectivity index (χ2v) is 7.68. The van der Waals surface area contributed by atoms with Crippen LogP contribution in [0.2, 0.25) is 0 Å². The van der Waals surface area contributed by atoms with Gasteiger partial charge in [-0.2, -0.15) is 0 Å². The molecule has 2 aliphatic rings. The molecule has 0 amide bonds. The Hall–Kier alpha value is -0.0800. The normalized spacial score (nSPS) is 31.8. The molecule has 0 saturated carbocycles. The van der Waals surface area contributed by atoms with Crippen LogP contribution in [0.25, 0.3) is 0 Å². The van der Waals surface area contributed by atoms with Crippen LogP contribution >= 0.6 is 0 Å². The maximum absolute atomic E-state index is 2.71. The summed E-state index contributed by atoms with van der Waals surface area (Å²) in [6, 6.07) is 0.798. The lowest BCUT2D eigenvalue weighted by Gasteiger charge is -2.43. The molecule has 2 heterocycles. The number of rotatable bonds is 2. The van der Waals surface area contributed by atoms with Crippen LogP contribution in [0, 0.1) is 5.92 Å². The first kappa shape index (κ1) is 13.4. The molecule has 100 valence electrons. The van der Waals surface area contributed by atoms with E-state index in [4.69, 9.17) is 0 Å². The number of hydrogen-bond acceptors (Lipinski definition) is 2. The van der Waals surface area contributed by atoms with Crippen molar-refractivity contribution in [3.8, 4) is 0 Å². The van der Waals surface area contributed by atoms with Crippen LogP contribution in [0.1, 0.15) is 54.4 Å². The van der Waals surface area contributed by atoms with Crippen molar-refractivity contribution in [3.05, 3.63) is 0 Å². The van der Waals surface area contributed by atoms with Gasteiger partial charge in [0.1, 0.15) is 0 Å². The first-order valence-electron chi connectivity index (χ1n) is 7.26. The van der Waals surface area contributed by atoms with Gasteiger partial charge in [0.2, 0.25) is 0 Å². The van der Waals surface area contributed by atoms with Crippen LogP contribution in [-0.4, -0.2) is 46.6 Å². The van der Waals surface area contributed by atoms with Crippen molar-refractivity contribution < 1.29 is 0 Å². The Morgan fingerprint density at radius 1 is 1.12 bits per heavy atom. The molecule has 0 spiro atoms. The summed E-state index contributed by atoms with van der Waals surface area (Å²) in [4.78, 5) is 5.41. The monoisotopic (exact) mass is 238 g/mol. The minimum atomic E-state index is 0.299. The molecule has 0 bridgehead atoms. The average Bonchev–Trinajstić information content (AvgIpc) is 2.38. The highest BCUT2D eigenvalue weighted by Gasteiger charge is 2.46. The summed E-state index contributed by atoms with van der Waals surface area (Å²) in [6.07, 6.45) is 2.69. The van der Waals surface area contributed by atoms with Gasteiger partial charge in [0, 0.05) is 36.8 Å². The van der Waals surface area contributed by atoms with E-state index in [9.17, 15) is 0 Å². The van der Waals surface area contributed by atoms with Gasteiger partial charge in [0.25, 0.3) is 0 Å². The Morgan fingerprint density at radius 2 is 1.71 bits per heavy atom. The zero-order valence-corrected chi connectivity index (χ0v) is 12.6. The van der Waals surface area contributed by atoms with Gasteiger partial charge in [-0.05, 0) is 47.0 Å². The molecule has 0 radical (unpaired) electrons. The molecule has 2 saturated heterocycles. The first-order valence-corrected chi connectivity index (χ1v) is 7.26. The Balaban J connectivity index is 1.97. The van der Waals surface area contributed by atoms with Crippen LogP contribution in [0.4, 0.5) is 0 Å². The molecule has 1 atom stereocenters. The molecule has 0 aliphatic carbocycles. The van der Waals surface area contributed by atoms with Crippen LogP contribution in [0.15, 0.2) is 0 Å². The third kappa shape index (κ3) is 2.53. The first-order chi connectivity index (χ1) is 7.74. The van der Waals surface area contributed by atoms with Crippen LogP contribution in [-0.2, 0) is 0 Å². The van der Waals surface area contributed by atoms with Gasteiger partial charge in [-0.25, -0.2) is 0 Å². The van der Waals surface area contributed by atoms with Gasteiger partial charge < -0.3 is 0 Å². The smallest absolute Gasteiger partial charge is 0.0241 e. The van der Waals surface area contributed by atoms with E-state index in [1.165, 1.54) is 32.5 Å². The van der Waals surface area contributed by atoms with Crippen molar-refractivity contribution in [1.29, 1.82) is 0 Å². The fourth-order valence-electron chi connectivity index (χ4n) is 3.80. The average molecular weight is 238 g/mol. The number of hydrogen-bond donors (Lipinski definition) is 0. The van der Waals surface area contributed by atoms with Crippen molar-refractivity contribution in [2.24, 2.45) is 5.92 Å². The van der Waals surface area contributed by atoms with Gasteiger partial charge in [-0.15, -0.1) is 0 Å². The highest BCUT2D eigenvalue weighted by atomic mass is 15.3. The van der Waals surface area contributed by atoms with Crippen molar-refractivity contribution in [1.82, 2.24) is 9.80 Å². The fraction of sp³-hybridized carbons (Fsp3) is 1.00. The lowest BCUT2D eigenvalue weighted by Crippen LogP contribution is -2.53. The Bertz CT molecular complexity index is 271. The van der Waals surface area contributed by atoms with E-state index < -0.39 is 0 Å². The van der Waals surface area contributed by atoms with Gasteiger partial charge >= 0.3 is 0 Å². The summed E-state index contributed by atoms with van der Waals surface area (Å²) in [5.41, 5.74) is 0.660. The zero-order valence-electron chi connectivity index (χ0n) is 12.6. The van der Waals surface area contributed by atoms with Gasteiger partial charge in [-0.3, -0.25) is 9.80 Å². The molecular formula is C15H30N2. The molecule has 2 aliphatic heterocycles. The topological polar surface area (TPSA) is 6.48 Å². The molecule has 2 heteroatoms. The predicted molar refractivity (Wildman–Crippen MR) is 74.3 cm³/mol. The molecule has 0 aromatic rings. The SMILES string of the molecule is CCC1CN(C2CN(C(C)(C)C)C(C)(C)C2)C1. The van der Waals surface area contributed by atoms with Crippen LogP contribution in [0.5, 0.6) is 0 Å². The summed E-state index contributed by atoms with van der Waals surface area (Å²) < 4.78 is 0. The highest BCUT2D eigenvalue weighted by molar-refractivity contribution is 5.03. The van der Waals surface area contributed by atoms with Gasteiger partial charge in [0.15, 0.2) is 0 Å². The van der Waals surface area contributed by atoms with E-state index in [0.29, 0.717) is 11.1 Å². The van der Waals surface area contributed by atoms with Crippen molar-refractivity contribution in [2.75, 3.05) is 19.6 Å². The molecule has 0 N–H and O–H groups in total. The highest BCUT2D eigenvalue weighted by Crippen LogP contribution is 2.38. The second-order valence-electron chi connectivity index (χ2n) is 7.68. The molecule has 2 nitrogen and oxygen atoms in total. The zero-order chi connectivity index (χ0) is 12.8. The summed E-state index contributed by atoms with van der Waals surface area (Å²) in [5.74, 6) is 0.974. The van der Waals surface area contributed by atoms with E-state index in [1.54, 1.807) is 0 Å². The predicted octanol–water partition coefficient (Wildman–Crippen LogP) is 2.98. The largest absolute Gasteiger partial charge is 0.298 e. The van der Waals surface area contributed by atoms with E-state index in [-0.39, 0.29) is 0 Å². The van der Waals surface area contributed by atoms with Crippen molar-refractivity contribution in [2.45, 2.75) is 71.5 Å². The molecular weight excluding hydrogens is 208 g/mol. The van der Waals surface area contributed by atoms with E-state index in [1.807, 2.05) is 0 Å². The maximum Gasteiger partial charge on any atom is 0.0241 e. The van der Waals surface area contributed by atoms with Crippen LogP contribution in [0.3, 0.4) is 0 Å². The summed E-state index contributed by atoms with van der Waals surface area (Å²) in [7, 11) is 0. The van der Waals surface area contributed by atoms with Crippen molar-refractivity contribution >= 4 is 0 Å². The summed E-state index contributed by atoms with van der Waals surface area (Å²) in [6.45, 7) is 18.1. The van der Waals surface area contributed by atoms with E-state index in [0.717, 1.165) is 12.0 Å². The lowest BCUT2D eigenvalue weighted by atomic mass is 9.92. The Kier molecular flexibility index (Phi) is 3.33. The quantitative estimate of drug-likeness (QED) is 0.730. The standard InChI is InChI=1S/C15H30N2/c1-7-12-9-16(10-12)13-8-15(5,6)17(11-13)14(2,3)4/h12-13H,7-11H2,1-6H3. The fourth-order valence-corrected chi connectivity index (χ4v) is 3.80. The molecule has 2 rings (SSSR count). The van der Waals surface area contributed by atoms with Gasteiger partial charge in [-0.1, -0.05) is 13.3 Å². The third-order valence-electron chi connectivity index (χ3n) is 4.75. The Labute approximate surface area is 107 Å². The summed E-state index contributed by atoms with van der Waals surface area (Å²) >= 11 is 0. The minimum absolute atomic E-state index is 0.299. The number of likely N-dealkylation sites (tertiary alicyclic amines) is 2. The van der Waals surface area contributed by atoms with Crippen LogP contribution < -0.4 is 0 Å². The van der Waals surface area contributed by atoms with E-state index in [2.05, 4.69) is 51.3 Å². The maximum atomic E-state index is 2.71. The molecule has 1 unspecified atom stereocenters. The second kappa shape index (κ2) is 4.24. The number of nitrogens with zero attached hydrogens (tertiary/aromatic N) is 2.